The molecule has 90 valence electrons. The van der Waals surface area contributed by atoms with E-state index in [1.165, 1.54) is 12.8 Å². The first-order chi connectivity index (χ1) is 7.70. The number of hydrogen-bond acceptors (Lipinski definition) is 3. The smallest absolute Gasteiger partial charge is 0.128 e. The van der Waals surface area contributed by atoms with Gasteiger partial charge in [0.25, 0.3) is 0 Å². The number of hydrogen-bond donors (Lipinski definition) is 1. The minimum Gasteiger partial charge on any atom is -0.496 e. The summed E-state index contributed by atoms with van der Waals surface area (Å²) in [5.74, 6) is 0.960. The second-order valence-electron chi connectivity index (χ2n) is 4.08. The Morgan fingerprint density at radius 3 is 2.75 bits per heavy atom. The Hall–Kier alpha value is -1.09. The van der Waals surface area contributed by atoms with Crippen LogP contribution in [0.3, 0.4) is 0 Å². The van der Waals surface area contributed by atoms with Crippen LogP contribution in [-0.2, 0) is 6.54 Å². The molecule has 0 radical (unpaired) electrons. The normalized spacial score (nSPS) is 10.5. The van der Waals surface area contributed by atoms with E-state index in [0.29, 0.717) is 0 Å². The van der Waals surface area contributed by atoms with Gasteiger partial charge in [0.15, 0.2) is 0 Å². The van der Waals surface area contributed by atoms with Gasteiger partial charge in [0.1, 0.15) is 5.75 Å². The second-order valence-corrected chi connectivity index (χ2v) is 4.08. The lowest BCUT2D eigenvalue weighted by molar-refractivity contribution is 0.406. The number of aryl methyl sites for hydroxylation is 1. The lowest BCUT2D eigenvalue weighted by Gasteiger charge is -2.12. The van der Waals surface area contributed by atoms with Crippen molar-refractivity contribution in [3.05, 3.63) is 23.0 Å². The van der Waals surface area contributed by atoms with Gasteiger partial charge in [-0.15, -0.1) is 0 Å². The third-order valence-corrected chi connectivity index (χ3v) is 2.75. The average Bonchev–Trinajstić information content (AvgIpc) is 2.28. The quantitative estimate of drug-likeness (QED) is 0.751. The fourth-order valence-corrected chi connectivity index (χ4v) is 1.76. The van der Waals surface area contributed by atoms with Crippen LogP contribution in [0.2, 0.25) is 0 Å². The summed E-state index contributed by atoms with van der Waals surface area (Å²) in [7, 11) is 1.71. The first kappa shape index (κ1) is 13.0. The highest BCUT2D eigenvalue weighted by molar-refractivity contribution is 5.40. The van der Waals surface area contributed by atoms with Gasteiger partial charge in [-0.2, -0.15) is 0 Å². The van der Waals surface area contributed by atoms with Crippen molar-refractivity contribution in [1.29, 1.82) is 0 Å². The number of nitrogens with one attached hydrogen (secondary N) is 1. The van der Waals surface area contributed by atoms with Crippen LogP contribution in [0.5, 0.6) is 5.75 Å². The van der Waals surface area contributed by atoms with Crippen LogP contribution in [-0.4, -0.2) is 18.6 Å². The van der Waals surface area contributed by atoms with Crippen molar-refractivity contribution in [2.75, 3.05) is 13.7 Å². The summed E-state index contributed by atoms with van der Waals surface area (Å²) in [4.78, 5) is 4.44. The zero-order chi connectivity index (χ0) is 12.0. The summed E-state index contributed by atoms with van der Waals surface area (Å²) in [6, 6.07) is 0. The maximum absolute atomic E-state index is 5.38. The van der Waals surface area contributed by atoms with E-state index in [4.69, 9.17) is 4.74 Å². The SMILES string of the molecule is CCCCNCc1ncc(C)c(OC)c1C. The van der Waals surface area contributed by atoms with Crippen molar-refractivity contribution in [3.8, 4) is 5.75 Å². The Kier molecular flexibility index (Phi) is 5.26. The molecule has 0 saturated heterocycles. The summed E-state index contributed by atoms with van der Waals surface area (Å²) in [5, 5.41) is 3.40. The highest BCUT2D eigenvalue weighted by atomic mass is 16.5. The maximum Gasteiger partial charge on any atom is 0.128 e. The number of ether oxygens (including phenoxy) is 1. The summed E-state index contributed by atoms with van der Waals surface area (Å²) in [6.07, 6.45) is 4.31. The maximum atomic E-state index is 5.38. The number of aromatic nitrogens is 1. The summed E-state index contributed by atoms with van der Waals surface area (Å²) in [6.45, 7) is 8.15. The number of pyridine rings is 1. The molecule has 1 heterocycles. The number of methoxy groups -OCH3 is 1. The highest BCUT2D eigenvalue weighted by Crippen LogP contribution is 2.23. The molecule has 16 heavy (non-hydrogen) atoms. The molecule has 1 rings (SSSR count). The summed E-state index contributed by atoms with van der Waals surface area (Å²) >= 11 is 0. The van der Waals surface area contributed by atoms with Crippen LogP contribution in [0, 0.1) is 13.8 Å². The molecule has 3 heteroatoms. The summed E-state index contributed by atoms with van der Waals surface area (Å²) in [5.41, 5.74) is 3.32. The average molecular weight is 222 g/mol. The molecule has 0 aliphatic heterocycles. The first-order valence-corrected chi connectivity index (χ1v) is 5.90. The largest absolute Gasteiger partial charge is 0.496 e. The van der Waals surface area contributed by atoms with E-state index in [9.17, 15) is 0 Å². The molecule has 0 unspecified atom stereocenters. The molecule has 0 aliphatic rings. The molecule has 1 aromatic rings. The molecule has 0 saturated carbocycles. The van der Waals surface area contributed by atoms with Crippen molar-refractivity contribution < 1.29 is 4.74 Å². The minimum absolute atomic E-state index is 0.822. The number of unbranched alkanes of at least 4 members (excludes halogenated alkanes) is 1. The van der Waals surface area contributed by atoms with Gasteiger partial charge in [-0.3, -0.25) is 4.98 Å². The molecule has 0 aliphatic carbocycles. The molecular formula is C13H22N2O. The predicted molar refractivity (Wildman–Crippen MR) is 66.9 cm³/mol. The van der Waals surface area contributed by atoms with Crippen molar-refractivity contribution in [2.45, 2.75) is 40.2 Å². The Morgan fingerprint density at radius 1 is 1.38 bits per heavy atom. The zero-order valence-electron chi connectivity index (χ0n) is 10.8. The molecule has 1 N–H and O–H groups in total. The first-order valence-electron chi connectivity index (χ1n) is 5.90. The van der Waals surface area contributed by atoms with Gasteiger partial charge in [0, 0.05) is 23.9 Å². The zero-order valence-corrected chi connectivity index (χ0v) is 10.8. The van der Waals surface area contributed by atoms with Crippen LogP contribution in [0.1, 0.15) is 36.6 Å². The fourth-order valence-electron chi connectivity index (χ4n) is 1.76. The third kappa shape index (κ3) is 3.20. The van der Waals surface area contributed by atoms with Crippen LogP contribution in [0.4, 0.5) is 0 Å². The van der Waals surface area contributed by atoms with Crippen molar-refractivity contribution in [3.63, 3.8) is 0 Å². The van der Waals surface area contributed by atoms with Gasteiger partial charge < -0.3 is 10.1 Å². The van der Waals surface area contributed by atoms with Crippen LogP contribution in [0.25, 0.3) is 0 Å². The molecular weight excluding hydrogens is 200 g/mol. The lowest BCUT2D eigenvalue weighted by atomic mass is 10.1. The van der Waals surface area contributed by atoms with E-state index < -0.39 is 0 Å². The van der Waals surface area contributed by atoms with E-state index in [2.05, 4.69) is 24.1 Å². The molecule has 3 nitrogen and oxygen atoms in total. The minimum atomic E-state index is 0.822. The molecule has 0 bridgehead atoms. The van der Waals surface area contributed by atoms with Gasteiger partial charge in [-0.1, -0.05) is 13.3 Å². The Balaban J connectivity index is 2.66. The predicted octanol–water partition coefficient (Wildman–Crippen LogP) is 2.60. The molecule has 0 amide bonds. The molecule has 0 atom stereocenters. The lowest BCUT2D eigenvalue weighted by Crippen LogP contribution is -2.16. The number of nitrogens with zero attached hydrogens (tertiary/aromatic N) is 1. The van der Waals surface area contributed by atoms with Crippen LogP contribution in [0.15, 0.2) is 6.20 Å². The van der Waals surface area contributed by atoms with Gasteiger partial charge in [-0.25, -0.2) is 0 Å². The van der Waals surface area contributed by atoms with E-state index in [0.717, 1.165) is 35.7 Å². The standard InChI is InChI=1S/C13H22N2O/c1-5-6-7-14-9-12-11(3)13(16-4)10(2)8-15-12/h8,14H,5-7,9H2,1-4H3. The van der Waals surface area contributed by atoms with Crippen molar-refractivity contribution in [2.24, 2.45) is 0 Å². The molecule has 1 aromatic heterocycles. The van der Waals surface area contributed by atoms with E-state index >= 15 is 0 Å². The van der Waals surface area contributed by atoms with Crippen molar-refractivity contribution in [1.82, 2.24) is 10.3 Å². The molecule has 0 fully saturated rings. The van der Waals surface area contributed by atoms with Gasteiger partial charge in [0.2, 0.25) is 0 Å². The van der Waals surface area contributed by atoms with E-state index in [1.54, 1.807) is 7.11 Å². The Labute approximate surface area is 98.2 Å². The topological polar surface area (TPSA) is 34.2 Å². The van der Waals surface area contributed by atoms with E-state index in [1.807, 2.05) is 13.1 Å². The number of rotatable bonds is 6. The van der Waals surface area contributed by atoms with Gasteiger partial charge in [-0.05, 0) is 26.8 Å². The van der Waals surface area contributed by atoms with E-state index in [-0.39, 0.29) is 0 Å². The molecule has 0 aromatic carbocycles. The monoisotopic (exact) mass is 222 g/mol. The van der Waals surface area contributed by atoms with Gasteiger partial charge >= 0.3 is 0 Å². The van der Waals surface area contributed by atoms with Gasteiger partial charge in [0.05, 0.1) is 12.8 Å². The molecule has 0 spiro atoms. The van der Waals surface area contributed by atoms with Crippen molar-refractivity contribution >= 4 is 0 Å². The van der Waals surface area contributed by atoms with Crippen LogP contribution >= 0.6 is 0 Å². The van der Waals surface area contributed by atoms with Crippen LogP contribution < -0.4 is 10.1 Å². The highest BCUT2D eigenvalue weighted by Gasteiger charge is 2.08. The second kappa shape index (κ2) is 6.48. The fraction of sp³-hybridized carbons (Fsp3) is 0.615. The summed E-state index contributed by atoms with van der Waals surface area (Å²) < 4.78 is 5.38. The Morgan fingerprint density at radius 2 is 2.12 bits per heavy atom. The third-order valence-electron chi connectivity index (χ3n) is 2.75. The Bertz CT molecular complexity index is 337.